The molecule has 0 aromatic heterocycles. The summed E-state index contributed by atoms with van der Waals surface area (Å²) in [5, 5.41) is 18.8. The van der Waals surface area contributed by atoms with Crippen molar-refractivity contribution in [2.24, 2.45) is 11.3 Å². The number of hydrogen-bond donors (Lipinski definition) is 4. The number of piperidine rings is 1. The second kappa shape index (κ2) is 14.7. The van der Waals surface area contributed by atoms with Gasteiger partial charge >= 0.3 is 0 Å². The molecule has 4 N–H and O–H groups in total. The lowest BCUT2D eigenvalue weighted by Crippen LogP contribution is -2.60. The minimum Gasteiger partial charge on any atom is -0.508 e. The van der Waals surface area contributed by atoms with Gasteiger partial charge in [0, 0.05) is 58.0 Å². The lowest BCUT2D eigenvalue weighted by atomic mass is 9.75. The Morgan fingerprint density at radius 3 is 2.47 bits per heavy atom. The molecule has 3 heterocycles. The summed E-state index contributed by atoms with van der Waals surface area (Å²) >= 11 is 0. The van der Waals surface area contributed by atoms with Crippen LogP contribution in [-0.2, 0) is 36.8 Å². The number of nitrogens with one attached hydrogen (secondary N) is 3. The van der Waals surface area contributed by atoms with Gasteiger partial charge in [-0.3, -0.25) is 19.2 Å². The molecule has 2 fully saturated rings. The molecule has 2 aromatic carbocycles. The highest BCUT2D eigenvalue weighted by Gasteiger charge is 2.42. The number of carbonyl (C=O) groups excluding carboxylic acids is 4. The number of phenols is 1. The van der Waals surface area contributed by atoms with Gasteiger partial charge in [0.1, 0.15) is 17.8 Å². The number of amides is 4. The highest BCUT2D eigenvalue weighted by atomic mass is 16.5. The third kappa shape index (κ3) is 8.30. The molecule has 4 atom stereocenters. The number of hydrogen-bond acceptors (Lipinski definition) is 6. The lowest BCUT2D eigenvalue weighted by Gasteiger charge is -2.41. The topological polar surface area (TPSA) is 137 Å². The minimum absolute atomic E-state index is 0.0484. The first-order chi connectivity index (χ1) is 21.7. The van der Waals surface area contributed by atoms with Gasteiger partial charge in [-0.05, 0) is 55.4 Å². The maximum Gasteiger partial charge on any atom is 0.245 e. The minimum atomic E-state index is -0.751. The molecule has 0 aliphatic carbocycles. The summed E-state index contributed by atoms with van der Waals surface area (Å²) in [7, 11) is 0. The van der Waals surface area contributed by atoms with Crippen molar-refractivity contribution in [3.05, 3.63) is 77.9 Å². The second-order valence-corrected chi connectivity index (χ2v) is 12.6. The number of phenolic OH excluding ortho intramolecular Hbond substituents is 1. The number of rotatable bonds is 6. The average Bonchev–Trinajstić information content (AvgIpc) is 3.04. The van der Waals surface area contributed by atoms with Crippen LogP contribution in [0.1, 0.15) is 50.2 Å². The predicted octanol–water partition coefficient (Wildman–Crippen LogP) is 2.65. The molecule has 10 heteroatoms. The van der Waals surface area contributed by atoms with Crippen molar-refractivity contribution in [1.82, 2.24) is 20.9 Å². The Labute approximate surface area is 264 Å². The number of nitrogens with zero attached hydrogens (tertiary/aromatic N) is 1. The zero-order chi connectivity index (χ0) is 31.8. The number of ether oxygens (including phenoxy) is 1. The molecular weight excluding hydrogens is 572 g/mol. The third-order valence-corrected chi connectivity index (χ3v) is 9.38. The molecule has 45 heavy (non-hydrogen) atoms. The first-order valence-electron chi connectivity index (χ1n) is 15.9. The Bertz CT molecular complexity index is 1370. The molecular formula is C35H44N4O6. The number of allylic oxidation sites excluding steroid dienone is 2. The number of fused-ring (bicyclic) bond motifs is 1. The second-order valence-electron chi connectivity index (χ2n) is 12.6. The Balaban J connectivity index is 1.36. The van der Waals surface area contributed by atoms with Gasteiger partial charge in [-0.15, -0.1) is 0 Å². The molecule has 10 nitrogen and oxygen atoms in total. The standard InChI is InChI=1S/C35H44N4O6/c1-24(40)36-31(22-26-10-12-28(41)13-11-26)33(43)39-18-14-29-27(23-39)9-5-6-15-35(16-19-45-20-17-35)34(44)38-30(32(42)37-29)21-25-7-3-2-4-8-25/h2-8,10-13,27,29-31,41H,9,14-23H2,1H3,(H,36,40)(H,37,42)(H,38,44)/t27-,29-,30+,31-/m0/s1. The quantitative estimate of drug-likeness (QED) is 0.369. The molecule has 2 saturated heterocycles. The van der Waals surface area contributed by atoms with Crippen molar-refractivity contribution in [3.63, 3.8) is 0 Å². The zero-order valence-corrected chi connectivity index (χ0v) is 25.9. The summed E-state index contributed by atoms with van der Waals surface area (Å²) in [6.07, 6.45) is 7.73. The van der Waals surface area contributed by atoms with Crippen LogP contribution in [-0.4, -0.2) is 78.1 Å². The van der Waals surface area contributed by atoms with Gasteiger partial charge in [-0.1, -0.05) is 54.6 Å². The van der Waals surface area contributed by atoms with Crippen molar-refractivity contribution in [2.75, 3.05) is 26.3 Å². The van der Waals surface area contributed by atoms with E-state index in [4.69, 9.17) is 4.74 Å². The smallest absolute Gasteiger partial charge is 0.245 e. The van der Waals surface area contributed by atoms with E-state index in [-0.39, 0.29) is 41.3 Å². The Morgan fingerprint density at radius 1 is 1.02 bits per heavy atom. The molecule has 3 aliphatic rings. The summed E-state index contributed by atoms with van der Waals surface area (Å²) in [4.78, 5) is 55.3. The van der Waals surface area contributed by atoms with Crippen LogP contribution < -0.4 is 16.0 Å². The van der Waals surface area contributed by atoms with E-state index in [0.717, 1.165) is 11.1 Å². The largest absolute Gasteiger partial charge is 0.508 e. The fraction of sp³-hybridized carbons (Fsp3) is 0.486. The summed E-state index contributed by atoms with van der Waals surface area (Å²) in [6, 6.07) is 14.6. The van der Waals surface area contributed by atoms with Crippen LogP contribution in [0.2, 0.25) is 0 Å². The van der Waals surface area contributed by atoms with Crippen molar-refractivity contribution >= 4 is 23.6 Å². The predicted molar refractivity (Wildman–Crippen MR) is 169 cm³/mol. The number of likely N-dealkylation sites (tertiary alicyclic amines) is 1. The van der Waals surface area contributed by atoms with Crippen LogP contribution >= 0.6 is 0 Å². The highest BCUT2D eigenvalue weighted by Crippen LogP contribution is 2.36. The van der Waals surface area contributed by atoms with E-state index in [1.165, 1.54) is 6.92 Å². The van der Waals surface area contributed by atoms with Crippen molar-refractivity contribution in [2.45, 2.75) is 70.0 Å². The van der Waals surface area contributed by atoms with Crippen LogP contribution in [0.25, 0.3) is 0 Å². The molecule has 3 aliphatic heterocycles. The van der Waals surface area contributed by atoms with E-state index >= 15 is 0 Å². The van der Waals surface area contributed by atoms with Gasteiger partial charge < -0.3 is 30.7 Å². The van der Waals surface area contributed by atoms with Crippen LogP contribution in [0.4, 0.5) is 0 Å². The fourth-order valence-corrected chi connectivity index (χ4v) is 6.71. The van der Waals surface area contributed by atoms with Gasteiger partial charge in [0.2, 0.25) is 23.6 Å². The molecule has 240 valence electrons. The maximum absolute atomic E-state index is 13.9. The van der Waals surface area contributed by atoms with Gasteiger partial charge in [0.05, 0.1) is 5.41 Å². The molecule has 0 bridgehead atoms. The molecule has 2 aromatic rings. The first-order valence-corrected chi connectivity index (χ1v) is 15.9. The molecule has 0 radical (unpaired) electrons. The summed E-state index contributed by atoms with van der Waals surface area (Å²) in [6.45, 7) is 3.24. The van der Waals surface area contributed by atoms with E-state index in [1.54, 1.807) is 29.2 Å². The lowest BCUT2D eigenvalue weighted by molar-refractivity contribution is -0.141. The molecule has 5 rings (SSSR count). The zero-order valence-electron chi connectivity index (χ0n) is 25.9. The Kier molecular flexibility index (Phi) is 10.5. The monoisotopic (exact) mass is 616 g/mol. The Morgan fingerprint density at radius 2 is 1.76 bits per heavy atom. The van der Waals surface area contributed by atoms with Crippen LogP contribution in [0.5, 0.6) is 5.75 Å². The van der Waals surface area contributed by atoms with Crippen molar-refractivity contribution in [1.29, 1.82) is 0 Å². The van der Waals surface area contributed by atoms with Crippen LogP contribution in [0, 0.1) is 11.3 Å². The molecule has 1 spiro atoms. The third-order valence-electron chi connectivity index (χ3n) is 9.38. The highest BCUT2D eigenvalue weighted by molar-refractivity contribution is 5.91. The van der Waals surface area contributed by atoms with Gasteiger partial charge in [-0.2, -0.15) is 0 Å². The van der Waals surface area contributed by atoms with Crippen LogP contribution in [0.3, 0.4) is 0 Å². The van der Waals surface area contributed by atoms with Gasteiger partial charge in [0.25, 0.3) is 0 Å². The molecule has 0 saturated carbocycles. The number of benzene rings is 2. The van der Waals surface area contributed by atoms with Crippen molar-refractivity contribution < 1.29 is 29.0 Å². The SMILES string of the molecule is CC(=O)N[C@@H](Cc1ccc(O)cc1)C(=O)N1CC[C@@H]2NC(=O)[C@@H](Cc3ccccc3)NC(=O)C3(CC=CC[C@H]2C1)CCOCC3. The van der Waals surface area contributed by atoms with E-state index in [9.17, 15) is 24.3 Å². The van der Waals surface area contributed by atoms with E-state index in [0.29, 0.717) is 71.2 Å². The fourth-order valence-electron chi connectivity index (χ4n) is 6.71. The van der Waals surface area contributed by atoms with Gasteiger partial charge in [-0.25, -0.2) is 0 Å². The summed E-state index contributed by atoms with van der Waals surface area (Å²) < 4.78 is 5.59. The Hall–Kier alpha value is -4.18. The van der Waals surface area contributed by atoms with Crippen molar-refractivity contribution in [3.8, 4) is 5.75 Å². The van der Waals surface area contributed by atoms with Gasteiger partial charge in [0.15, 0.2) is 0 Å². The average molecular weight is 617 g/mol. The number of carbonyl (C=O) groups is 4. The van der Waals surface area contributed by atoms with E-state index in [1.807, 2.05) is 30.3 Å². The summed E-state index contributed by atoms with van der Waals surface area (Å²) in [5.41, 5.74) is 1.14. The van der Waals surface area contributed by atoms with E-state index < -0.39 is 17.5 Å². The molecule has 4 amide bonds. The van der Waals surface area contributed by atoms with Crippen LogP contribution in [0.15, 0.2) is 66.7 Å². The normalized spacial score (nSPS) is 24.3. The maximum atomic E-state index is 13.9. The number of aromatic hydroxyl groups is 1. The first kappa shape index (κ1) is 32.2. The van der Waals surface area contributed by atoms with E-state index in [2.05, 4.69) is 28.1 Å². The summed E-state index contributed by atoms with van der Waals surface area (Å²) in [5.74, 6) is -0.717. The molecule has 0 unspecified atom stereocenters.